The minimum Gasteiger partial charge on any atom is -0.507 e. The van der Waals surface area contributed by atoms with Gasteiger partial charge in [-0.1, -0.05) is 52.3 Å². The molecule has 0 saturated carbocycles. The third-order valence-corrected chi connectivity index (χ3v) is 5.99. The summed E-state index contributed by atoms with van der Waals surface area (Å²) in [4.78, 5) is 18.2. The first-order valence-corrected chi connectivity index (χ1v) is 12.2. The molecule has 0 aliphatic carbocycles. The molecule has 9 nitrogen and oxygen atoms in total. The second-order valence-corrected chi connectivity index (χ2v) is 8.85. The van der Waals surface area contributed by atoms with Crippen molar-refractivity contribution < 1.29 is 9.84 Å². The molecule has 1 fully saturated rings. The summed E-state index contributed by atoms with van der Waals surface area (Å²) in [5, 5.41) is 14.4. The Kier molecular flexibility index (Phi) is 7.34. The highest BCUT2D eigenvalue weighted by Crippen LogP contribution is 2.33. The van der Waals surface area contributed by atoms with Gasteiger partial charge < -0.3 is 14.7 Å². The number of para-hydroxylation sites is 2. The minimum atomic E-state index is 0.119. The maximum Gasteiger partial charge on any atom is 0.250 e. The monoisotopic (exact) mass is 545 g/mol. The van der Waals surface area contributed by atoms with Crippen molar-refractivity contribution in [3.05, 3.63) is 88.9 Å². The topological polar surface area (TPSA) is 99.0 Å². The molecule has 1 aliphatic rings. The molecule has 0 bridgehead atoms. The van der Waals surface area contributed by atoms with Crippen molar-refractivity contribution in [1.29, 1.82) is 0 Å². The van der Waals surface area contributed by atoms with Gasteiger partial charge in [0.25, 0.3) is 0 Å². The fourth-order valence-corrected chi connectivity index (χ4v) is 4.11. The quantitative estimate of drug-likeness (QED) is 0.244. The number of aromatic nitrogens is 3. The Morgan fingerprint density at radius 3 is 2.25 bits per heavy atom. The van der Waals surface area contributed by atoms with Crippen LogP contribution in [0.15, 0.2) is 88.4 Å². The third-order valence-electron chi connectivity index (χ3n) is 5.49. The lowest BCUT2D eigenvalue weighted by atomic mass is 10.2. The summed E-state index contributed by atoms with van der Waals surface area (Å²) in [6.07, 6.45) is 1.52. The second kappa shape index (κ2) is 11.1. The number of ether oxygens (including phenoxy) is 1. The van der Waals surface area contributed by atoms with Crippen molar-refractivity contribution in [2.75, 3.05) is 41.5 Å². The number of phenols is 1. The molecule has 0 amide bonds. The van der Waals surface area contributed by atoms with E-state index in [1.807, 2.05) is 65.6 Å². The summed E-state index contributed by atoms with van der Waals surface area (Å²) < 4.78 is 6.35. The summed E-state index contributed by atoms with van der Waals surface area (Å²) in [5.74, 6) is 1.38. The van der Waals surface area contributed by atoms with Crippen LogP contribution < -0.4 is 15.2 Å². The highest BCUT2D eigenvalue weighted by Gasteiger charge is 2.21. The number of phenolic OH excluding ortho intramolecular Hbond substituents is 1. The van der Waals surface area contributed by atoms with E-state index in [-0.39, 0.29) is 11.7 Å². The lowest BCUT2D eigenvalue weighted by Crippen LogP contribution is -2.37. The third kappa shape index (κ3) is 5.61. The predicted molar refractivity (Wildman–Crippen MR) is 145 cm³/mol. The van der Waals surface area contributed by atoms with Crippen LogP contribution >= 0.6 is 15.9 Å². The van der Waals surface area contributed by atoms with E-state index in [1.165, 1.54) is 6.21 Å². The first-order chi connectivity index (χ1) is 17.7. The molecule has 4 aromatic rings. The van der Waals surface area contributed by atoms with Crippen LogP contribution in [-0.4, -0.2) is 52.6 Å². The molecule has 182 valence electrons. The Morgan fingerprint density at radius 1 is 0.917 bits per heavy atom. The number of nitrogens with zero attached hydrogens (tertiary/aromatic N) is 6. The molecule has 0 unspecified atom stereocenters. The summed E-state index contributed by atoms with van der Waals surface area (Å²) in [7, 11) is 0. The van der Waals surface area contributed by atoms with Crippen molar-refractivity contribution >= 4 is 51.4 Å². The van der Waals surface area contributed by atoms with Crippen molar-refractivity contribution in [2.45, 2.75) is 0 Å². The number of rotatable bonds is 7. The van der Waals surface area contributed by atoms with Gasteiger partial charge in [-0.2, -0.15) is 20.1 Å². The number of anilines is 5. The Balaban J connectivity index is 1.54. The molecule has 5 rings (SSSR count). The predicted octanol–water partition coefficient (Wildman–Crippen LogP) is 5.09. The Bertz CT molecular complexity index is 1290. The second-order valence-electron chi connectivity index (χ2n) is 7.94. The number of halogens is 1. The summed E-state index contributed by atoms with van der Waals surface area (Å²) in [6, 6.07) is 25.0. The van der Waals surface area contributed by atoms with Crippen LogP contribution in [0.3, 0.4) is 0 Å². The summed E-state index contributed by atoms with van der Waals surface area (Å²) >= 11 is 3.41. The SMILES string of the molecule is Oc1ccc(Br)cc1/C=N/Nc1nc(N2CCOCC2)nc(N(c2ccccc2)c2ccccc2)n1. The van der Waals surface area contributed by atoms with E-state index < -0.39 is 0 Å². The van der Waals surface area contributed by atoms with Gasteiger partial charge in [-0.05, 0) is 42.5 Å². The highest BCUT2D eigenvalue weighted by atomic mass is 79.9. The van der Waals surface area contributed by atoms with Crippen molar-refractivity contribution in [3.8, 4) is 5.75 Å². The molecule has 0 spiro atoms. The van der Waals surface area contributed by atoms with Crippen LogP contribution in [-0.2, 0) is 4.74 Å². The van der Waals surface area contributed by atoms with Crippen molar-refractivity contribution in [3.63, 3.8) is 0 Å². The van der Waals surface area contributed by atoms with E-state index >= 15 is 0 Å². The van der Waals surface area contributed by atoms with Gasteiger partial charge in [0.1, 0.15) is 5.75 Å². The molecule has 2 N–H and O–H groups in total. The number of morpholine rings is 1. The zero-order valence-electron chi connectivity index (χ0n) is 19.3. The van der Waals surface area contributed by atoms with Gasteiger partial charge in [-0.3, -0.25) is 4.90 Å². The zero-order chi connectivity index (χ0) is 24.7. The lowest BCUT2D eigenvalue weighted by molar-refractivity contribution is 0.122. The Hall–Kier alpha value is -4.02. The van der Waals surface area contributed by atoms with Crippen LogP contribution in [0, 0.1) is 0 Å². The van der Waals surface area contributed by atoms with Crippen molar-refractivity contribution in [2.24, 2.45) is 5.10 Å². The van der Waals surface area contributed by atoms with Crippen LogP contribution in [0.1, 0.15) is 5.56 Å². The Labute approximate surface area is 217 Å². The van der Waals surface area contributed by atoms with E-state index in [9.17, 15) is 5.11 Å². The molecule has 10 heteroatoms. The fourth-order valence-electron chi connectivity index (χ4n) is 3.73. The van der Waals surface area contributed by atoms with Crippen LogP contribution in [0.5, 0.6) is 5.75 Å². The van der Waals surface area contributed by atoms with E-state index in [2.05, 4.69) is 36.3 Å². The van der Waals surface area contributed by atoms with Gasteiger partial charge >= 0.3 is 0 Å². The maximum absolute atomic E-state index is 10.1. The number of nitrogens with one attached hydrogen (secondary N) is 1. The van der Waals surface area contributed by atoms with Gasteiger partial charge in [-0.15, -0.1) is 0 Å². The lowest BCUT2D eigenvalue weighted by Gasteiger charge is -2.28. The van der Waals surface area contributed by atoms with Crippen LogP contribution in [0.25, 0.3) is 0 Å². The minimum absolute atomic E-state index is 0.119. The van der Waals surface area contributed by atoms with E-state index in [1.54, 1.807) is 18.2 Å². The smallest absolute Gasteiger partial charge is 0.250 e. The van der Waals surface area contributed by atoms with Crippen molar-refractivity contribution in [1.82, 2.24) is 15.0 Å². The molecule has 1 saturated heterocycles. The van der Waals surface area contributed by atoms with E-state index in [4.69, 9.17) is 14.7 Å². The molecule has 1 aliphatic heterocycles. The number of hydrazone groups is 1. The van der Waals surface area contributed by atoms with Gasteiger partial charge in [0, 0.05) is 34.5 Å². The van der Waals surface area contributed by atoms with Gasteiger partial charge in [0.05, 0.1) is 19.4 Å². The molecule has 0 atom stereocenters. The maximum atomic E-state index is 10.1. The van der Waals surface area contributed by atoms with Crippen LogP contribution in [0.4, 0.5) is 29.2 Å². The van der Waals surface area contributed by atoms with E-state index in [0.29, 0.717) is 43.8 Å². The number of hydrogen-bond acceptors (Lipinski definition) is 9. The fraction of sp³-hybridized carbons (Fsp3) is 0.154. The summed E-state index contributed by atoms with van der Waals surface area (Å²) in [6.45, 7) is 2.56. The number of hydrogen-bond donors (Lipinski definition) is 2. The van der Waals surface area contributed by atoms with Crippen LogP contribution in [0.2, 0.25) is 0 Å². The standard InChI is InChI=1S/C26H24BrN7O2/c27-20-11-12-23(35)19(17-20)18-28-32-24-29-25(33-13-15-36-16-14-33)31-26(30-24)34(21-7-3-1-4-8-21)22-9-5-2-6-10-22/h1-12,17-18,35H,13-16H2,(H,29,30,31,32)/b28-18+. The van der Waals surface area contributed by atoms with Gasteiger partial charge in [-0.25, -0.2) is 5.43 Å². The molecule has 3 aromatic carbocycles. The molecule has 2 heterocycles. The number of benzene rings is 3. The van der Waals surface area contributed by atoms with E-state index in [0.717, 1.165) is 15.8 Å². The highest BCUT2D eigenvalue weighted by molar-refractivity contribution is 9.10. The molecule has 0 radical (unpaired) electrons. The largest absolute Gasteiger partial charge is 0.507 e. The summed E-state index contributed by atoms with van der Waals surface area (Å²) in [5.41, 5.74) is 5.29. The average Bonchev–Trinajstić information content (AvgIpc) is 2.92. The first kappa shape index (κ1) is 23.7. The number of aromatic hydroxyl groups is 1. The molecular weight excluding hydrogens is 522 g/mol. The van der Waals surface area contributed by atoms with Gasteiger partial charge in [0.15, 0.2) is 0 Å². The first-order valence-electron chi connectivity index (χ1n) is 11.4. The normalized spacial score (nSPS) is 13.6. The zero-order valence-corrected chi connectivity index (χ0v) is 20.9. The van der Waals surface area contributed by atoms with Gasteiger partial charge in [0.2, 0.25) is 17.8 Å². The molecule has 36 heavy (non-hydrogen) atoms. The average molecular weight is 546 g/mol. The Morgan fingerprint density at radius 2 is 1.58 bits per heavy atom. The molecular formula is C26H24BrN7O2. The molecule has 1 aromatic heterocycles.